The average Bonchev–Trinajstić information content (AvgIpc) is 3.44. The first-order valence-corrected chi connectivity index (χ1v) is 12.4. The Balaban J connectivity index is 1.38. The number of imidazole rings is 1. The molecule has 6 heteroatoms. The summed E-state index contributed by atoms with van der Waals surface area (Å²) in [5.41, 5.74) is 6.06. The number of carbonyl (C=O) groups excluding carboxylic acids is 1. The Morgan fingerprint density at radius 2 is 1.74 bits per heavy atom. The largest absolute Gasteiger partial charge is 0.334 e. The van der Waals surface area contributed by atoms with Crippen LogP contribution in [0.25, 0.3) is 16.2 Å². The first-order valence-electron chi connectivity index (χ1n) is 11.2. The van der Waals surface area contributed by atoms with E-state index in [0.717, 1.165) is 39.5 Å². The van der Waals surface area contributed by atoms with Gasteiger partial charge >= 0.3 is 0 Å². The number of nitrogens with zero attached hydrogens (tertiary/aromatic N) is 3. The minimum atomic E-state index is 0.0443. The minimum absolute atomic E-state index is 0.0443. The number of carbonyl (C=O) groups is 1. The molecule has 5 aromatic rings. The number of thiazole rings is 1. The molecule has 170 valence electrons. The van der Waals surface area contributed by atoms with Crippen molar-refractivity contribution in [3.05, 3.63) is 118 Å². The third-order valence-corrected chi connectivity index (χ3v) is 7.00. The lowest BCUT2D eigenvalue weighted by atomic mass is 10.1. The van der Waals surface area contributed by atoms with Gasteiger partial charge in [0.05, 0.1) is 5.69 Å². The molecule has 5 rings (SSSR count). The van der Waals surface area contributed by atoms with Gasteiger partial charge in [-0.15, -0.1) is 11.3 Å². The summed E-state index contributed by atoms with van der Waals surface area (Å²) in [5, 5.41) is 2.84. The normalized spacial score (nSPS) is 11.1. The number of amides is 1. The van der Waals surface area contributed by atoms with Gasteiger partial charge in [-0.2, -0.15) is 0 Å². The first-order chi connectivity index (χ1) is 16.6. The standard InChI is InChI=1S/C28H24ClN3OS/c1-20-7-9-23(10-8-20)27(33)31(17-21-5-3-2-4-6-21)16-15-25-19-34-28-30-26(18-32(25)28)22-11-13-24(29)14-12-22/h2-14,18-19H,15-17H2,1H3. The summed E-state index contributed by atoms with van der Waals surface area (Å²) in [4.78, 5) is 21.1. The number of fused-ring (bicyclic) bond motifs is 1. The molecule has 1 amide bonds. The molecule has 0 bridgehead atoms. The number of aromatic nitrogens is 2. The van der Waals surface area contributed by atoms with Crippen LogP contribution in [0.1, 0.15) is 27.2 Å². The van der Waals surface area contributed by atoms with E-state index in [-0.39, 0.29) is 5.91 Å². The van der Waals surface area contributed by atoms with Crippen LogP contribution in [0.5, 0.6) is 0 Å². The maximum atomic E-state index is 13.4. The van der Waals surface area contributed by atoms with E-state index in [2.05, 4.69) is 28.1 Å². The van der Waals surface area contributed by atoms with Gasteiger partial charge in [0.15, 0.2) is 4.96 Å². The molecule has 0 unspecified atom stereocenters. The maximum absolute atomic E-state index is 13.4. The van der Waals surface area contributed by atoms with Crippen LogP contribution < -0.4 is 0 Å². The summed E-state index contributed by atoms with van der Waals surface area (Å²) < 4.78 is 2.13. The molecule has 0 saturated carbocycles. The molecule has 0 fully saturated rings. The van der Waals surface area contributed by atoms with Gasteiger partial charge in [0, 0.05) is 52.9 Å². The molecule has 2 heterocycles. The Hall–Kier alpha value is -3.41. The molecule has 0 aliphatic heterocycles. The molecule has 0 N–H and O–H groups in total. The van der Waals surface area contributed by atoms with E-state index in [0.29, 0.717) is 23.7 Å². The van der Waals surface area contributed by atoms with E-state index in [1.54, 1.807) is 11.3 Å². The van der Waals surface area contributed by atoms with Crippen molar-refractivity contribution in [1.29, 1.82) is 0 Å². The maximum Gasteiger partial charge on any atom is 0.254 e. The Morgan fingerprint density at radius 1 is 1.00 bits per heavy atom. The Morgan fingerprint density at radius 3 is 2.47 bits per heavy atom. The number of benzene rings is 3. The van der Waals surface area contributed by atoms with Gasteiger partial charge in [-0.1, -0.05) is 71.8 Å². The van der Waals surface area contributed by atoms with E-state index in [1.807, 2.05) is 78.6 Å². The third-order valence-electron chi connectivity index (χ3n) is 5.86. The fourth-order valence-corrected chi connectivity index (χ4v) is 4.99. The molecular weight excluding hydrogens is 462 g/mol. The van der Waals surface area contributed by atoms with Gasteiger partial charge in [0.25, 0.3) is 5.91 Å². The summed E-state index contributed by atoms with van der Waals surface area (Å²) in [6.07, 6.45) is 2.80. The van der Waals surface area contributed by atoms with Crippen LogP contribution in [0, 0.1) is 6.92 Å². The van der Waals surface area contributed by atoms with Crippen LogP contribution in [0.3, 0.4) is 0 Å². The van der Waals surface area contributed by atoms with E-state index in [4.69, 9.17) is 16.6 Å². The van der Waals surface area contributed by atoms with Crippen molar-refractivity contribution in [3.8, 4) is 11.3 Å². The lowest BCUT2D eigenvalue weighted by Crippen LogP contribution is -2.32. The van der Waals surface area contributed by atoms with Crippen LogP contribution in [0.15, 0.2) is 90.4 Å². The van der Waals surface area contributed by atoms with Crippen LogP contribution >= 0.6 is 22.9 Å². The van der Waals surface area contributed by atoms with Gasteiger partial charge in [0.1, 0.15) is 0 Å². The Labute approximate surface area is 208 Å². The SMILES string of the molecule is Cc1ccc(C(=O)N(CCc2csc3nc(-c4ccc(Cl)cc4)cn23)Cc2ccccc2)cc1. The van der Waals surface area contributed by atoms with Crippen molar-refractivity contribution in [2.24, 2.45) is 0 Å². The molecule has 0 atom stereocenters. The second kappa shape index (κ2) is 9.84. The number of aryl methyl sites for hydroxylation is 1. The molecule has 0 radical (unpaired) electrons. The second-order valence-corrected chi connectivity index (χ2v) is 9.61. The average molecular weight is 486 g/mol. The number of halogens is 1. The van der Waals surface area contributed by atoms with Crippen molar-refractivity contribution in [2.75, 3.05) is 6.54 Å². The molecule has 3 aromatic carbocycles. The van der Waals surface area contributed by atoms with Crippen LogP contribution in [-0.4, -0.2) is 26.7 Å². The van der Waals surface area contributed by atoms with E-state index < -0.39 is 0 Å². The number of rotatable bonds is 7. The molecule has 0 aliphatic rings. The smallest absolute Gasteiger partial charge is 0.254 e. The number of hydrogen-bond donors (Lipinski definition) is 0. The lowest BCUT2D eigenvalue weighted by molar-refractivity contribution is 0.0744. The molecular formula is C28H24ClN3OS. The highest BCUT2D eigenvalue weighted by atomic mass is 35.5. The highest BCUT2D eigenvalue weighted by molar-refractivity contribution is 7.15. The predicted octanol–water partition coefficient (Wildman–Crippen LogP) is 6.91. The summed E-state index contributed by atoms with van der Waals surface area (Å²) in [5.74, 6) is 0.0443. The van der Waals surface area contributed by atoms with E-state index in [9.17, 15) is 4.79 Å². The summed E-state index contributed by atoms with van der Waals surface area (Å²) in [6.45, 7) is 3.21. The van der Waals surface area contributed by atoms with Crippen LogP contribution in [0.2, 0.25) is 5.02 Å². The fraction of sp³-hybridized carbons (Fsp3) is 0.143. The molecule has 0 saturated heterocycles. The highest BCUT2D eigenvalue weighted by Gasteiger charge is 2.18. The third kappa shape index (κ3) is 4.91. The quantitative estimate of drug-likeness (QED) is 0.251. The van der Waals surface area contributed by atoms with E-state index in [1.165, 1.54) is 0 Å². The summed E-state index contributed by atoms with van der Waals surface area (Å²) in [6, 6.07) is 25.7. The zero-order valence-corrected chi connectivity index (χ0v) is 20.4. The van der Waals surface area contributed by atoms with Gasteiger partial charge in [-0.3, -0.25) is 9.20 Å². The van der Waals surface area contributed by atoms with Crippen LogP contribution in [0.4, 0.5) is 0 Å². The monoisotopic (exact) mass is 485 g/mol. The van der Waals surface area contributed by atoms with Gasteiger partial charge in [-0.05, 0) is 36.8 Å². The van der Waals surface area contributed by atoms with Crippen molar-refractivity contribution < 1.29 is 4.79 Å². The zero-order valence-electron chi connectivity index (χ0n) is 18.8. The van der Waals surface area contributed by atoms with Crippen LogP contribution in [-0.2, 0) is 13.0 Å². The molecule has 4 nitrogen and oxygen atoms in total. The zero-order chi connectivity index (χ0) is 23.5. The fourth-order valence-electron chi connectivity index (χ4n) is 3.95. The molecule has 34 heavy (non-hydrogen) atoms. The van der Waals surface area contributed by atoms with Crippen molar-refractivity contribution in [3.63, 3.8) is 0 Å². The number of hydrogen-bond acceptors (Lipinski definition) is 3. The Bertz CT molecular complexity index is 1410. The van der Waals surface area contributed by atoms with Crippen molar-refractivity contribution in [1.82, 2.24) is 14.3 Å². The first kappa shape index (κ1) is 22.4. The summed E-state index contributed by atoms with van der Waals surface area (Å²) in [7, 11) is 0. The van der Waals surface area contributed by atoms with Gasteiger partial charge in [-0.25, -0.2) is 4.98 Å². The van der Waals surface area contributed by atoms with E-state index >= 15 is 0 Å². The highest BCUT2D eigenvalue weighted by Crippen LogP contribution is 2.25. The lowest BCUT2D eigenvalue weighted by Gasteiger charge is -2.23. The predicted molar refractivity (Wildman–Crippen MR) is 140 cm³/mol. The molecule has 2 aromatic heterocycles. The van der Waals surface area contributed by atoms with Gasteiger partial charge in [0.2, 0.25) is 0 Å². The summed E-state index contributed by atoms with van der Waals surface area (Å²) >= 11 is 7.65. The molecule has 0 spiro atoms. The second-order valence-electron chi connectivity index (χ2n) is 8.34. The Kier molecular flexibility index (Phi) is 6.48. The molecule has 0 aliphatic carbocycles. The van der Waals surface area contributed by atoms with Crippen molar-refractivity contribution >= 4 is 33.8 Å². The van der Waals surface area contributed by atoms with Crippen molar-refractivity contribution in [2.45, 2.75) is 19.9 Å². The van der Waals surface area contributed by atoms with Gasteiger partial charge < -0.3 is 4.90 Å². The topological polar surface area (TPSA) is 37.6 Å². The minimum Gasteiger partial charge on any atom is -0.334 e.